The van der Waals surface area contributed by atoms with E-state index in [4.69, 9.17) is 25.6 Å². The van der Waals surface area contributed by atoms with Crippen LogP contribution in [0.3, 0.4) is 0 Å². The zero-order valence-corrected chi connectivity index (χ0v) is 16.4. The Morgan fingerprint density at radius 3 is 2.55 bits per heavy atom. The Bertz CT molecular complexity index is 1050. The summed E-state index contributed by atoms with van der Waals surface area (Å²) in [5.74, 6) is 1.00. The number of carbonyl (C=O) groups excluding carboxylic acids is 1. The summed E-state index contributed by atoms with van der Waals surface area (Å²) in [7, 11) is 3.11. The number of halogens is 2. The van der Waals surface area contributed by atoms with E-state index >= 15 is 0 Å². The summed E-state index contributed by atoms with van der Waals surface area (Å²) in [5, 5.41) is 4.01. The summed E-state index contributed by atoms with van der Waals surface area (Å²) in [5.41, 5.74) is 1.18. The molecule has 29 heavy (non-hydrogen) atoms. The molecule has 1 aromatic heterocycles. The van der Waals surface area contributed by atoms with Gasteiger partial charge in [-0.1, -0.05) is 16.8 Å². The van der Waals surface area contributed by atoms with Crippen molar-refractivity contribution in [1.29, 1.82) is 0 Å². The van der Waals surface area contributed by atoms with Crippen LogP contribution in [-0.4, -0.2) is 36.8 Å². The van der Waals surface area contributed by atoms with E-state index in [1.807, 2.05) is 0 Å². The number of nitrogens with zero attached hydrogens (tertiary/aromatic N) is 3. The van der Waals surface area contributed by atoms with Gasteiger partial charge in [0.05, 0.1) is 19.2 Å². The van der Waals surface area contributed by atoms with E-state index < -0.39 is 5.82 Å². The van der Waals surface area contributed by atoms with Gasteiger partial charge >= 0.3 is 0 Å². The highest BCUT2D eigenvalue weighted by Gasteiger charge is 2.35. The van der Waals surface area contributed by atoms with Crippen molar-refractivity contribution in [3.05, 3.63) is 53.1 Å². The van der Waals surface area contributed by atoms with E-state index in [-0.39, 0.29) is 23.3 Å². The molecule has 1 atom stereocenters. The molecule has 2 aromatic carbocycles. The SMILES string of the molecule is COc1cc(OC)cc(-c2nc(C3CC(=O)N(c4ccc(F)c(Cl)c4)C3)no2)c1. The summed E-state index contributed by atoms with van der Waals surface area (Å²) < 4.78 is 29.3. The molecular formula is C20H17ClFN3O4. The van der Waals surface area contributed by atoms with E-state index in [0.717, 1.165) is 0 Å². The topological polar surface area (TPSA) is 77.7 Å². The van der Waals surface area contributed by atoms with Gasteiger partial charge in [-0.2, -0.15) is 4.98 Å². The molecule has 0 aliphatic carbocycles. The lowest BCUT2D eigenvalue weighted by molar-refractivity contribution is -0.117. The Morgan fingerprint density at radius 2 is 1.90 bits per heavy atom. The number of rotatable bonds is 5. The number of amides is 1. The lowest BCUT2D eigenvalue weighted by atomic mass is 10.1. The van der Waals surface area contributed by atoms with Crippen LogP contribution in [0.4, 0.5) is 10.1 Å². The third-order valence-corrected chi connectivity index (χ3v) is 5.03. The Kier molecular flexibility index (Phi) is 5.10. The van der Waals surface area contributed by atoms with Crippen molar-refractivity contribution in [3.8, 4) is 23.0 Å². The number of benzene rings is 2. The van der Waals surface area contributed by atoms with E-state index in [0.29, 0.717) is 41.0 Å². The molecule has 0 spiro atoms. The van der Waals surface area contributed by atoms with Crippen molar-refractivity contribution < 1.29 is 23.2 Å². The fourth-order valence-corrected chi connectivity index (χ4v) is 3.41. The average Bonchev–Trinajstić information content (AvgIpc) is 3.36. The third kappa shape index (κ3) is 3.75. The van der Waals surface area contributed by atoms with Crippen molar-refractivity contribution in [1.82, 2.24) is 10.1 Å². The van der Waals surface area contributed by atoms with Gasteiger partial charge in [0.15, 0.2) is 5.82 Å². The average molecular weight is 418 g/mol. The molecule has 1 unspecified atom stereocenters. The number of anilines is 1. The number of hydrogen-bond acceptors (Lipinski definition) is 6. The minimum Gasteiger partial charge on any atom is -0.497 e. The maximum Gasteiger partial charge on any atom is 0.258 e. The highest BCUT2D eigenvalue weighted by atomic mass is 35.5. The molecule has 1 aliphatic heterocycles. The quantitative estimate of drug-likeness (QED) is 0.622. The molecule has 0 bridgehead atoms. The second kappa shape index (κ2) is 7.71. The summed E-state index contributed by atoms with van der Waals surface area (Å²) in [4.78, 5) is 18.5. The summed E-state index contributed by atoms with van der Waals surface area (Å²) in [6, 6.07) is 9.44. The van der Waals surface area contributed by atoms with E-state index in [9.17, 15) is 9.18 Å². The predicted octanol–water partition coefficient (Wildman–Crippen LogP) is 4.07. The maximum absolute atomic E-state index is 13.4. The Morgan fingerprint density at radius 1 is 1.17 bits per heavy atom. The van der Waals surface area contributed by atoms with Gasteiger partial charge < -0.3 is 18.9 Å². The van der Waals surface area contributed by atoms with Crippen molar-refractivity contribution in [3.63, 3.8) is 0 Å². The molecule has 1 amide bonds. The molecule has 7 nitrogen and oxygen atoms in total. The van der Waals surface area contributed by atoms with Crippen molar-refractivity contribution in [2.45, 2.75) is 12.3 Å². The summed E-state index contributed by atoms with van der Waals surface area (Å²) >= 11 is 5.84. The van der Waals surface area contributed by atoms with Crippen molar-refractivity contribution in [2.24, 2.45) is 0 Å². The lowest BCUT2D eigenvalue weighted by Gasteiger charge is -2.16. The first-order valence-corrected chi connectivity index (χ1v) is 9.18. The molecule has 2 heterocycles. The van der Waals surface area contributed by atoms with Gasteiger partial charge in [0.2, 0.25) is 5.91 Å². The van der Waals surface area contributed by atoms with Crippen LogP contribution in [0, 0.1) is 5.82 Å². The number of aromatic nitrogens is 2. The molecule has 0 radical (unpaired) electrons. The first-order valence-electron chi connectivity index (χ1n) is 8.81. The second-order valence-corrected chi connectivity index (χ2v) is 6.97. The largest absolute Gasteiger partial charge is 0.497 e. The van der Waals surface area contributed by atoms with Gasteiger partial charge in [-0.05, 0) is 30.3 Å². The summed E-state index contributed by atoms with van der Waals surface area (Å²) in [6.07, 6.45) is 0.218. The van der Waals surface area contributed by atoms with Gasteiger partial charge in [0.1, 0.15) is 17.3 Å². The van der Waals surface area contributed by atoms with Crippen LogP contribution in [0.2, 0.25) is 5.02 Å². The zero-order valence-electron chi connectivity index (χ0n) is 15.7. The molecule has 0 saturated carbocycles. The summed E-state index contributed by atoms with van der Waals surface area (Å²) in [6.45, 7) is 0.348. The number of hydrogen-bond donors (Lipinski definition) is 0. The molecule has 4 rings (SSSR count). The minimum atomic E-state index is -0.532. The number of carbonyl (C=O) groups is 1. The standard InChI is InChI=1S/C20H17ClFN3O4/c1-27-14-5-11(6-15(9-14)28-2)20-23-19(24-29-20)12-7-18(26)25(10-12)13-3-4-17(22)16(21)8-13/h3-6,8-9,12H,7,10H2,1-2H3. The fraction of sp³-hybridized carbons (Fsp3) is 0.250. The van der Waals surface area contributed by atoms with E-state index in [1.165, 1.54) is 18.2 Å². The van der Waals surface area contributed by atoms with Gasteiger partial charge in [0, 0.05) is 36.2 Å². The van der Waals surface area contributed by atoms with Crippen LogP contribution >= 0.6 is 11.6 Å². The van der Waals surface area contributed by atoms with Gasteiger partial charge in [-0.15, -0.1) is 0 Å². The zero-order chi connectivity index (χ0) is 20.5. The monoisotopic (exact) mass is 417 g/mol. The highest BCUT2D eigenvalue weighted by molar-refractivity contribution is 6.31. The molecule has 1 aliphatic rings. The number of ether oxygens (including phenoxy) is 2. The first kappa shape index (κ1) is 19.2. The fourth-order valence-electron chi connectivity index (χ4n) is 3.23. The van der Waals surface area contributed by atoms with Crippen LogP contribution in [0.15, 0.2) is 40.9 Å². The molecular weight excluding hydrogens is 401 g/mol. The van der Waals surface area contributed by atoms with Crippen molar-refractivity contribution >= 4 is 23.2 Å². The molecule has 9 heteroatoms. The Balaban J connectivity index is 1.57. The smallest absolute Gasteiger partial charge is 0.258 e. The minimum absolute atomic E-state index is 0.0347. The van der Waals surface area contributed by atoms with Crippen LogP contribution in [0.1, 0.15) is 18.2 Å². The van der Waals surface area contributed by atoms with Gasteiger partial charge in [-0.25, -0.2) is 4.39 Å². The van der Waals surface area contributed by atoms with Crippen LogP contribution in [0.25, 0.3) is 11.5 Å². The Labute approximate surface area is 171 Å². The van der Waals surface area contributed by atoms with Crippen LogP contribution in [-0.2, 0) is 4.79 Å². The van der Waals surface area contributed by atoms with Crippen LogP contribution in [0.5, 0.6) is 11.5 Å². The Hall–Kier alpha value is -3.13. The molecule has 0 N–H and O–H groups in total. The number of methoxy groups -OCH3 is 2. The normalized spacial score (nSPS) is 16.3. The van der Waals surface area contributed by atoms with Crippen LogP contribution < -0.4 is 14.4 Å². The predicted molar refractivity (Wildman–Crippen MR) is 104 cm³/mol. The highest BCUT2D eigenvalue weighted by Crippen LogP contribution is 2.34. The van der Waals surface area contributed by atoms with Crippen molar-refractivity contribution in [2.75, 3.05) is 25.7 Å². The molecule has 1 saturated heterocycles. The first-order chi connectivity index (χ1) is 14.0. The van der Waals surface area contributed by atoms with E-state index in [2.05, 4.69) is 10.1 Å². The maximum atomic E-state index is 13.4. The molecule has 3 aromatic rings. The molecule has 1 fully saturated rings. The lowest BCUT2D eigenvalue weighted by Crippen LogP contribution is -2.24. The molecule has 150 valence electrons. The van der Waals surface area contributed by atoms with Gasteiger partial charge in [0.25, 0.3) is 5.89 Å². The van der Waals surface area contributed by atoms with Gasteiger partial charge in [-0.3, -0.25) is 4.79 Å². The second-order valence-electron chi connectivity index (χ2n) is 6.56. The van der Waals surface area contributed by atoms with E-state index in [1.54, 1.807) is 37.3 Å². The third-order valence-electron chi connectivity index (χ3n) is 4.75.